The molecule has 9 heteroatoms. The topological polar surface area (TPSA) is 84.2 Å². The average Bonchev–Trinajstić information content (AvgIpc) is 3.32. The van der Waals surface area contributed by atoms with Gasteiger partial charge in [0.25, 0.3) is 11.5 Å². The first kappa shape index (κ1) is 20.5. The van der Waals surface area contributed by atoms with Gasteiger partial charge in [-0.1, -0.05) is 0 Å². The molecule has 0 N–H and O–H groups in total. The molecule has 1 aliphatic rings. The van der Waals surface area contributed by atoms with E-state index >= 15 is 0 Å². The maximum atomic E-state index is 12.9. The lowest BCUT2D eigenvalue weighted by molar-refractivity contribution is 0.0631. The lowest BCUT2D eigenvalue weighted by Crippen LogP contribution is -2.49. The van der Waals surface area contributed by atoms with Crippen molar-refractivity contribution in [3.63, 3.8) is 0 Å². The number of hydrogen-bond acceptors (Lipinski definition) is 7. The van der Waals surface area contributed by atoms with E-state index in [1.807, 2.05) is 35.2 Å². The fraction of sp³-hybridized carbons (Fsp3) is 0.261. The predicted octanol–water partition coefficient (Wildman–Crippen LogP) is 2.37. The van der Waals surface area contributed by atoms with E-state index < -0.39 is 0 Å². The van der Waals surface area contributed by atoms with Crippen LogP contribution in [-0.2, 0) is 6.54 Å². The van der Waals surface area contributed by atoms with Gasteiger partial charge in [0, 0.05) is 62.3 Å². The standard InChI is InChI=1S/C23H22N6O2S/c30-22-4-3-19(17-5-7-24-8-6-17)26-29(22)14-11-27-9-12-28(13-10-27)23(31)18-1-2-20-21(15-18)32-16-25-20/h1-8,15-16H,9-14H2. The number of carbonyl (C=O) groups is 1. The second-order valence-electron chi connectivity index (χ2n) is 7.68. The molecule has 3 aromatic heterocycles. The van der Waals surface area contributed by atoms with Crippen LogP contribution in [0.2, 0.25) is 0 Å². The molecule has 0 bridgehead atoms. The van der Waals surface area contributed by atoms with Crippen LogP contribution in [0.5, 0.6) is 0 Å². The van der Waals surface area contributed by atoms with Crippen LogP contribution in [-0.4, -0.2) is 68.2 Å². The Morgan fingerprint density at radius 2 is 1.78 bits per heavy atom. The summed E-state index contributed by atoms with van der Waals surface area (Å²) in [6.07, 6.45) is 3.42. The van der Waals surface area contributed by atoms with Crippen molar-refractivity contribution in [1.29, 1.82) is 0 Å². The monoisotopic (exact) mass is 446 g/mol. The zero-order valence-corrected chi connectivity index (χ0v) is 18.2. The lowest BCUT2D eigenvalue weighted by Gasteiger charge is -2.34. The second-order valence-corrected chi connectivity index (χ2v) is 8.57. The molecule has 1 aromatic carbocycles. The summed E-state index contributed by atoms with van der Waals surface area (Å²) in [6, 6.07) is 12.7. The maximum Gasteiger partial charge on any atom is 0.266 e. The molecule has 0 radical (unpaired) electrons. The van der Waals surface area contributed by atoms with Crippen molar-refractivity contribution in [2.75, 3.05) is 32.7 Å². The van der Waals surface area contributed by atoms with Crippen molar-refractivity contribution >= 4 is 27.5 Å². The summed E-state index contributed by atoms with van der Waals surface area (Å²) in [7, 11) is 0. The molecule has 0 atom stereocenters. The number of benzene rings is 1. The average molecular weight is 447 g/mol. The third-order valence-corrected chi connectivity index (χ3v) is 6.50. The SMILES string of the molecule is O=C(c1ccc2ncsc2c1)N1CCN(CCn2nc(-c3ccncc3)ccc2=O)CC1. The molecular weight excluding hydrogens is 424 g/mol. The number of carbonyl (C=O) groups excluding carboxylic acids is 1. The minimum Gasteiger partial charge on any atom is -0.336 e. The molecule has 5 rings (SSSR count). The molecule has 1 amide bonds. The molecular formula is C23H22N6O2S. The fourth-order valence-electron chi connectivity index (χ4n) is 3.87. The highest BCUT2D eigenvalue weighted by Crippen LogP contribution is 2.20. The molecule has 1 saturated heterocycles. The highest BCUT2D eigenvalue weighted by molar-refractivity contribution is 7.16. The van der Waals surface area contributed by atoms with Gasteiger partial charge in [-0.25, -0.2) is 9.67 Å². The van der Waals surface area contributed by atoms with Gasteiger partial charge in [0.05, 0.1) is 28.0 Å². The largest absolute Gasteiger partial charge is 0.336 e. The van der Waals surface area contributed by atoms with Crippen LogP contribution < -0.4 is 5.56 Å². The van der Waals surface area contributed by atoms with E-state index in [4.69, 9.17) is 0 Å². The van der Waals surface area contributed by atoms with Crippen molar-refractivity contribution < 1.29 is 4.79 Å². The highest BCUT2D eigenvalue weighted by atomic mass is 32.1. The fourth-order valence-corrected chi connectivity index (χ4v) is 4.58. The summed E-state index contributed by atoms with van der Waals surface area (Å²) in [6.45, 7) is 4.09. The van der Waals surface area contributed by atoms with Gasteiger partial charge in [-0.3, -0.25) is 19.5 Å². The Morgan fingerprint density at radius 1 is 0.969 bits per heavy atom. The molecule has 1 fully saturated rings. The van der Waals surface area contributed by atoms with Crippen LogP contribution in [0.1, 0.15) is 10.4 Å². The van der Waals surface area contributed by atoms with Crippen LogP contribution in [0.3, 0.4) is 0 Å². The number of aromatic nitrogens is 4. The van der Waals surface area contributed by atoms with Crippen molar-refractivity contribution in [2.45, 2.75) is 6.54 Å². The first-order valence-corrected chi connectivity index (χ1v) is 11.4. The minimum atomic E-state index is -0.116. The number of hydrogen-bond donors (Lipinski definition) is 0. The number of amides is 1. The Labute approximate surface area is 188 Å². The van der Waals surface area contributed by atoms with E-state index in [0.29, 0.717) is 31.7 Å². The van der Waals surface area contributed by atoms with Gasteiger partial charge in [-0.2, -0.15) is 5.10 Å². The Kier molecular flexibility index (Phi) is 5.74. The molecule has 0 aliphatic carbocycles. The molecule has 4 aromatic rings. The summed E-state index contributed by atoms with van der Waals surface area (Å²) < 4.78 is 2.54. The molecule has 32 heavy (non-hydrogen) atoms. The minimum absolute atomic E-state index is 0.0582. The molecule has 0 spiro atoms. The summed E-state index contributed by atoms with van der Waals surface area (Å²) >= 11 is 1.54. The Hall–Kier alpha value is -3.43. The number of fused-ring (bicyclic) bond motifs is 1. The van der Waals surface area contributed by atoms with E-state index in [1.165, 1.54) is 4.68 Å². The van der Waals surface area contributed by atoms with Crippen LogP contribution >= 0.6 is 11.3 Å². The smallest absolute Gasteiger partial charge is 0.266 e. The molecule has 0 saturated carbocycles. The Bertz CT molecular complexity index is 1290. The van der Waals surface area contributed by atoms with Gasteiger partial charge < -0.3 is 4.90 Å². The summed E-state index contributed by atoms with van der Waals surface area (Å²) in [5, 5.41) is 4.51. The predicted molar refractivity (Wildman–Crippen MR) is 124 cm³/mol. The number of piperazine rings is 1. The van der Waals surface area contributed by atoms with E-state index in [1.54, 1.807) is 41.4 Å². The van der Waals surface area contributed by atoms with E-state index in [2.05, 4.69) is 20.0 Å². The number of pyridine rings is 1. The van der Waals surface area contributed by atoms with Crippen molar-refractivity contribution in [1.82, 2.24) is 29.5 Å². The van der Waals surface area contributed by atoms with Crippen molar-refractivity contribution in [2.24, 2.45) is 0 Å². The van der Waals surface area contributed by atoms with Gasteiger partial charge in [0.1, 0.15) is 0 Å². The lowest BCUT2D eigenvalue weighted by atomic mass is 10.1. The zero-order chi connectivity index (χ0) is 21.9. The molecule has 1 aliphatic heterocycles. The van der Waals surface area contributed by atoms with Crippen LogP contribution in [0.25, 0.3) is 21.5 Å². The third-order valence-electron chi connectivity index (χ3n) is 5.71. The number of thiazole rings is 1. The second kappa shape index (κ2) is 8.97. The maximum absolute atomic E-state index is 12.9. The van der Waals surface area contributed by atoms with Crippen LogP contribution in [0.4, 0.5) is 0 Å². The third kappa shape index (κ3) is 4.30. The van der Waals surface area contributed by atoms with E-state index in [9.17, 15) is 9.59 Å². The molecule has 0 unspecified atom stereocenters. The number of nitrogens with zero attached hydrogens (tertiary/aromatic N) is 6. The first-order chi connectivity index (χ1) is 15.7. The van der Waals surface area contributed by atoms with Gasteiger partial charge in [0.15, 0.2) is 0 Å². The molecule has 4 heterocycles. The highest BCUT2D eigenvalue weighted by Gasteiger charge is 2.22. The van der Waals surface area contributed by atoms with Crippen molar-refractivity contribution in [3.05, 3.63) is 76.3 Å². The first-order valence-electron chi connectivity index (χ1n) is 10.5. The van der Waals surface area contributed by atoms with E-state index in [0.717, 1.165) is 34.6 Å². The zero-order valence-electron chi connectivity index (χ0n) is 17.4. The van der Waals surface area contributed by atoms with Gasteiger partial charge in [-0.05, 0) is 36.4 Å². The molecule has 8 nitrogen and oxygen atoms in total. The van der Waals surface area contributed by atoms with E-state index in [-0.39, 0.29) is 11.5 Å². The molecule has 162 valence electrons. The van der Waals surface area contributed by atoms with Crippen LogP contribution in [0, 0.1) is 0 Å². The van der Waals surface area contributed by atoms with Crippen molar-refractivity contribution in [3.8, 4) is 11.3 Å². The summed E-state index contributed by atoms with van der Waals surface area (Å²) in [5.41, 5.74) is 4.99. The van der Waals surface area contributed by atoms with Crippen LogP contribution in [0.15, 0.2) is 65.2 Å². The normalized spacial score (nSPS) is 14.7. The van der Waals surface area contributed by atoms with Gasteiger partial charge in [0.2, 0.25) is 0 Å². The summed E-state index contributed by atoms with van der Waals surface area (Å²) in [4.78, 5) is 37.6. The Morgan fingerprint density at radius 3 is 2.59 bits per heavy atom. The summed E-state index contributed by atoms with van der Waals surface area (Å²) in [5.74, 6) is 0.0582. The van der Waals surface area contributed by atoms with Gasteiger partial charge >= 0.3 is 0 Å². The Balaban J connectivity index is 1.18. The quantitative estimate of drug-likeness (QED) is 0.468. The number of rotatable bonds is 5. The van der Waals surface area contributed by atoms with Gasteiger partial charge in [-0.15, -0.1) is 11.3 Å².